The van der Waals surface area contributed by atoms with Crippen molar-refractivity contribution in [1.82, 2.24) is 15.1 Å². The molecular weight excluding hydrogens is 214 g/mol. The third-order valence-corrected chi connectivity index (χ3v) is 3.58. The van der Waals surface area contributed by atoms with Crippen molar-refractivity contribution in [2.75, 3.05) is 40.3 Å². The van der Waals surface area contributed by atoms with Crippen molar-refractivity contribution in [2.24, 2.45) is 5.92 Å². The molecule has 2 unspecified atom stereocenters. The lowest BCUT2D eigenvalue weighted by Gasteiger charge is -2.37. The quantitative estimate of drug-likeness (QED) is 0.773. The van der Waals surface area contributed by atoms with Crippen LogP contribution in [0.4, 0.5) is 0 Å². The van der Waals surface area contributed by atoms with Crippen molar-refractivity contribution in [3.05, 3.63) is 0 Å². The van der Waals surface area contributed by atoms with E-state index in [0.717, 1.165) is 26.2 Å². The zero-order valence-electron chi connectivity index (χ0n) is 11.7. The molecule has 0 aromatic heterocycles. The number of hydrogen-bond acceptors (Lipinski definition) is 3. The highest BCUT2D eigenvalue weighted by Gasteiger charge is 2.27. The first-order valence-corrected chi connectivity index (χ1v) is 6.72. The fourth-order valence-electron chi connectivity index (χ4n) is 2.49. The van der Waals surface area contributed by atoms with Crippen LogP contribution < -0.4 is 5.32 Å². The van der Waals surface area contributed by atoms with Crippen LogP contribution in [0.2, 0.25) is 0 Å². The number of likely N-dealkylation sites (N-methyl/N-ethyl adjacent to an activating group) is 1. The van der Waals surface area contributed by atoms with E-state index in [2.05, 4.69) is 17.1 Å². The van der Waals surface area contributed by atoms with Crippen LogP contribution in [-0.4, -0.2) is 62.0 Å². The third kappa shape index (κ3) is 4.28. The van der Waals surface area contributed by atoms with Crippen molar-refractivity contribution in [3.63, 3.8) is 0 Å². The summed E-state index contributed by atoms with van der Waals surface area (Å²) in [6.07, 6.45) is 2.49. The molecule has 1 rings (SSSR count). The highest BCUT2D eigenvalue weighted by molar-refractivity contribution is 5.80. The van der Waals surface area contributed by atoms with Crippen LogP contribution in [0.1, 0.15) is 26.7 Å². The van der Waals surface area contributed by atoms with Gasteiger partial charge in [-0.1, -0.05) is 6.92 Å². The lowest BCUT2D eigenvalue weighted by atomic mass is 9.96. The van der Waals surface area contributed by atoms with Gasteiger partial charge >= 0.3 is 0 Å². The lowest BCUT2D eigenvalue weighted by molar-refractivity contribution is -0.134. The molecule has 0 aromatic carbocycles. The topological polar surface area (TPSA) is 35.6 Å². The van der Waals surface area contributed by atoms with Gasteiger partial charge in [-0.05, 0) is 45.3 Å². The van der Waals surface area contributed by atoms with E-state index in [1.807, 2.05) is 21.0 Å². The molecule has 0 radical (unpaired) electrons. The first-order chi connectivity index (χ1) is 8.06. The van der Waals surface area contributed by atoms with Gasteiger partial charge in [-0.2, -0.15) is 0 Å². The van der Waals surface area contributed by atoms with Crippen molar-refractivity contribution in [3.8, 4) is 0 Å². The van der Waals surface area contributed by atoms with E-state index in [1.165, 1.54) is 12.8 Å². The Morgan fingerprint density at radius 3 is 2.82 bits per heavy atom. The van der Waals surface area contributed by atoms with Gasteiger partial charge in [0.1, 0.15) is 0 Å². The average Bonchev–Trinajstić information content (AvgIpc) is 2.34. The summed E-state index contributed by atoms with van der Waals surface area (Å²) in [4.78, 5) is 16.0. The van der Waals surface area contributed by atoms with Crippen LogP contribution >= 0.6 is 0 Å². The highest BCUT2D eigenvalue weighted by atomic mass is 16.2. The summed E-state index contributed by atoms with van der Waals surface area (Å²) in [5.41, 5.74) is 0. The summed E-state index contributed by atoms with van der Waals surface area (Å²) < 4.78 is 0. The van der Waals surface area contributed by atoms with Crippen LogP contribution in [-0.2, 0) is 4.79 Å². The molecule has 4 nitrogen and oxygen atoms in total. The minimum absolute atomic E-state index is 0.0226. The number of rotatable bonds is 5. The molecule has 1 aliphatic rings. The smallest absolute Gasteiger partial charge is 0.239 e. The summed E-state index contributed by atoms with van der Waals surface area (Å²) in [7, 11) is 3.66. The number of amides is 1. The molecule has 1 fully saturated rings. The van der Waals surface area contributed by atoms with E-state index in [0.29, 0.717) is 5.92 Å². The Bertz CT molecular complexity index is 243. The van der Waals surface area contributed by atoms with Crippen molar-refractivity contribution in [1.29, 1.82) is 0 Å². The molecule has 2 atom stereocenters. The van der Waals surface area contributed by atoms with Gasteiger partial charge in [0.25, 0.3) is 0 Å². The Labute approximate surface area is 105 Å². The first-order valence-electron chi connectivity index (χ1n) is 6.72. The maximum Gasteiger partial charge on any atom is 0.239 e. The maximum atomic E-state index is 11.9. The number of piperidine rings is 1. The van der Waals surface area contributed by atoms with Gasteiger partial charge in [0, 0.05) is 20.6 Å². The third-order valence-electron chi connectivity index (χ3n) is 3.58. The maximum absolute atomic E-state index is 11.9. The van der Waals surface area contributed by atoms with Crippen LogP contribution in [0, 0.1) is 5.92 Å². The lowest BCUT2D eigenvalue weighted by Crippen LogP contribution is -2.49. The molecule has 17 heavy (non-hydrogen) atoms. The van der Waals surface area contributed by atoms with Gasteiger partial charge in [-0.15, -0.1) is 0 Å². The second-order valence-electron chi connectivity index (χ2n) is 5.22. The number of likely N-dealkylation sites (tertiary alicyclic amines) is 1. The number of carbonyl (C=O) groups is 1. The van der Waals surface area contributed by atoms with E-state index < -0.39 is 0 Å². The predicted octanol–water partition coefficient (Wildman–Crippen LogP) is 0.785. The number of hydrogen-bond donors (Lipinski definition) is 1. The minimum atomic E-state index is 0.0226. The van der Waals surface area contributed by atoms with Crippen LogP contribution in [0.25, 0.3) is 0 Å². The van der Waals surface area contributed by atoms with Gasteiger partial charge < -0.3 is 10.2 Å². The molecular formula is C13H27N3O. The van der Waals surface area contributed by atoms with Crippen LogP contribution in [0.5, 0.6) is 0 Å². The standard InChI is InChI=1S/C13H27N3O/c1-5-14-9-12-7-6-8-16(10-12)11(2)13(17)15(3)4/h11-12,14H,5-10H2,1-4H3. The molecule has 1 amide bonds. The molecule has 0 aromatic rings. The molecule has 1 aliphatic heterocycles. The molecule has 1 heterocycles. The molecule has 1 N–H and O–H groups in total. The summed E-state index contributed by atoms with van der Waals surface area (Å²) in [5.74, 6) is 0.912. The molecule has 1 saturated heterocycles. The van der Waals surface area contributed by atoms with Crippen LogP contribution in [0.15, 0.2) is 0 Å². The Morgan fingerprint density at radius 1 is 1.53 bits per heavy atom. The van der Waals surface area contributed by atoms with Gasteiger partial charge in [0.05, 0.1) is 6.04 Å². The van der Waals surface area contributed by atoms with Crippen molar-refractivity contribution < 1.29 is 4.79 Å². The van der Waals surface area contributed by atoms with Gasteiger partial charge in [0.2, 0.25) is 5.91 Å². The summed E-state index contributed by atoms with van der Waals surface area (Å²) >= 11 is 0. The van der Waals surface area contributed by atoms with Crippen LogP contribution in [0.3, 0.4) is 0 Å². The predicted molar refractivity (Wildman–Crippen MR) is 71.0 cm³/mol. The fourth-order valence-corrected chi connectivity index (χ4v) is 2.49. The second-order valence-corrected chi connectivity index (χ2v) is 5.22. The van der Waals surface area contributed by atoms with Crippen molar-refractivity contribution in [2.45, 2.75) is 32.7 Å². The Kier molecular flexibility index (Phi) is 5.92. The summed E-state index contributed by atoms with van der Waals surface area (Å²) in [5, 5.41) is 3.41. The van der Waals surface area contributed by atoms with E-state index in [4.69, 9.17) is 0 Å². The molecule has 4 heteroatoms. The zero-order chi connectivity index (χ0) is 12.8. The van der Waals surface area contributed by atoms with E-state index >= 15 is 0 Å². The zero-order valence-corrected chi connectivity index (χ0v) is 11.7. The number of carbonyl (C=O) groups excluding carboxylic acids is 1. The normalized spacial score (nSPS) is 23.4. The molecule has 0 spiro atoms. The fraction of sp³-hybridized carbons (Fsp3) is 0.923. The second kappa shape index (κ2) is 6.97. The number of nitrogens with one attached hydrogen (secondary N) is 1. The van der Waals surface area contributed by atoms with Gasteiger partial charge in [-0.25, -0.2) is 0 Å². The molecule has 100 valence electrons. The van der Waals surface area contributed by atoms with Crippen molar-refractivity contribution >= 4 is 5.91 Å². The summed E-state index contributed by atoms with van der Waals surface area (Å²) in [6, 6.07) is 0.0226. The van der Waals surface area contributed by atoms with Gasteiger partial charge in [-0.3, -0.25) is 9.69 Å². The van der Waals surface area contributed by atoms with E-state index in [1.54, 1.807) is 4.90 Å². The Hall–Kier alpha value is -0.610. The Morgan fingerprint density at radius 2 is 2.24 bits per heavy atom. The SMILES string of the molecule is CCNCC1CCCN(C(C)C(=O)N(C)C)C1. The monoisotopic (exact) mass is 241 g/mol. The van der Waals surface area contributed by atoms with E-state index in [-0.39, 0.29) is 11.9 Å². The molecule has 0 bridgehead atoms. The number of nitrogens with zero attached hydrogens (tertiary/aromatic N) is 2. The van der Waals surface area contributed by atoms with Gasteiger partial charge in [0.15, 0.2) is 0 Å². The Balaban J connectivity index is 2.45. The molecule has 0 saturated carbocycles. The highest BCUT2D eigenvalue weighted by Crippen LogP contribution is 2.18. The summed E-state index contributed by atoms with van der Waals surface area (Å²) in [6.45, 7) is 8.38. The van der Waals surface area contributed by atoms with E-state index in [9.17, 15) is 4.79 Å². The molecule has 0 aliphatic carbocycles. The first kappa shape index (κ1) is 14.5. The minimum Gasteiger partial charge on any atom is -0.347 e. The average molecular weight is 241 g/mol. The largest absolute Gasteiger partial charge is 0.347 e.